The summed E-state index contributed by atoms with van der Waals surface area (Å²) in [6.45, 7) is 1.76. The predicted octanol–water partition coefficient (Wildman–Crippen LogP) is 2.34. The Morgan fingerprint density at radius 2 is 1.68 bits per heavy atom. The number of hydrogen-bond donors (Lipinski definition) is 0. The van der Waals surface area contributed by atoms with Crippen molar-refractivity contribution in [3.8, 4) is 0 Å². The van der Waals surface area contributed by atoms with E-state index >= 15 is 0 Å². The Balaban J connectivity index is 1.66. The van der Waals surface area contributed by atoms with Crippen LogP contribution in [0, 0.1) is 0 Å². The Morgan fingerprint density at radius 3 is 2.32 bits per heavy atom. The van der Waals surface area contributed by atoms with Crippen molar-refractivity contribution in [1.82, 2.24) is 5.06 Å². The summed E-state index contributed by atoms with van der Waals surface area (Å²) in [7, 11) is 3.97. The van der Waals surface area contributed by atoms with Crippen molar-refractivity contribution in [3.63, 3.8) is 0 Å². The van der Waals surface area contributed by atoms with Crippen LogP contribution in [0.2, 0.25) is 0 Å². The average molecular weight is 346 g/mol. The minimum Gasteiger partial charge on any atom is -0.462 e. The fraction of sp³-hybridized carbons (Fsp3) is 0.474. The highest BCUT2D eigenvalue weighted by Gasteiger charge is 2.13. The van der Waals surface area contributed by atoms with Crippen LogP contribution in [0.4, 0.5) is 5.69 Å². The van der Waals surface area contributed by atoms with E-state index in [4.69, 9.17) is 9.57 Å². The Labute approximate surface area is 149 Å². The van der Waals surface area contributed by atoms with Crippen molar-refractivity contribution in [2.75, 3.05) is 38.7 Å². The molecule has 1 aliphatic rings. The molecule has 2 rings (SSSR count). The molecule has 0 atom stereocenters. The summed E-state index contributed by atoms with van der Waals surface area (Å²) in [5.41, 5.74) is 2.21. The maximum absolute atomic E-state index is 11.6. The number of benzene rings is 1. The fourth-order valence-electron chi connectivity index (χ4n) is 2.53. The number of hydrogen-bond acceptors (Lipinski definition) is 6. The van der Waals surface area contributed by atoms with E-state index in [1.807, 2.05) is 43.3 Å². The smallest absolute Gasteiger partial charge is 0.349 e. The number of piperidine rings is 1. The lowest BCUT2D eigenvalue weighted by Gasteiger charge is -2.23. The minimum absolute atomic E-state index is 0.270. The molecule has 0 N–H and O–H groups in total. The number of nitrogens with zero attached hydrogens (tertiary/aromatic N) is 2. The first-order chi connectivity index (χ1) is 12.0. The minimum atomic E-state index is -0.543. The molecule has 0 bridgehead atoms. The van der Waals surface area contributed by atoms with Gasteiger partial charge in [0.1, 0.15) is 0 Å². The molecule has 25 heavy (non-hydrogen) atoms. The van der Waals surface area contributed by atoms with Gasteiger partial charge >= 0.3 is 11.9 Å². The lowest BCUT2D eigenvalue weighted by atomic mass is 10.1. The van der Waals surface area contributed by atoms with Crippen LogP contribution in [-0.2, 0) is 25.6 Å². The highest BCUT2D eigenvalue weighted by atomic mass is 16.7. The second-order valence-corrected chi connectivity index (χ2v) is 6.21. The molecule has 0 saturated carbocycles. The lowest BCUT2D eigenvalue weighted by molar-refractivity contribution is -0.188. The van der Waals surface area contributed by atoms with Crippen molar-refractivity contribution in [2.45, 2.75) is 25.7 Å². The SMILES string of the molecule is CN(C)c1ccc(CCOC(=O)/C=C/C(=O)ON2CCCCC2)cc1. The summed E-state index contributed by atoms with van der Waals surface area (Å²) >= 11 is 0. The van der Waals surface area contributed by atoms with Crippen LogP contribution in [0.15, 0.2) is 36.4 Å². The molecule has 136 valence electrons. The molecule has 0 aromatic heterocycles. The van der Waals surface area contributed by atoms with Crippen molar-refractivity contribution in [3.05, 3.63) is 42.0 Å². The number of carbonyl (C=O) groups excluding carboxylic acids is 2. The van der Waals surface area contributed by atoms with Crippen molar-refractivity contribution in [2.24, 2.45) is 0 Å². The Hall–Kier alpha value is -2.34. The zero-order chi connectivity index (χ0) is 18.1. The summed E-state index contributed by atoms with van der Waals surface area (Å²) in [5, 5.41) is 1.64. The second-order valence-electron chi connectivity index (χ2n) is 6.21. The molecule has 0 spiro atoms. The molecule has 0 aliphatic carbocycles. The van der Waals surface area contributed by atoms with E-state index in [1.165, 1.54) is 0 Å². The van der Waals surface area contributed by atoms with Crippen LogP contribution in [-0.4, -0.2) is 50.8 Å². The Kier molecular flexibility index (Phi) is 7.47. The number of esters is 1. The predicted molar refractivity (Wildman–Crippen MR) is 96.1 cm³/mol. The molecule has 1 aliphatic heterocycles. The molecule has 1 saturated heterocycles. The van der Waals surface area contributed by atoms with E-state index in [1.54, 1.807) is 5.06 Å². The largest absolute Gasteiger partial charge is 0.462 e. The number of ether oxygens (including phenoxy) is 1. The Bertz CT molecular complexity index is 590. The van der Waals surface area contributed by atoms with Gasteiger partial charge in [-0.1, -0.05) is 18.6 Å². The van der Waals surface area contributed by atoms with Gasteiger partial charge in [0.05, 0.1) is 6.61 Å². The number of rotatable bonds is 7. The van der Waals surface area contributed by atoms with Gasteiger partial charge in [0.2, 0.25) is 0 Å². The normalized spacial score (nSPS) is 15.1. The third-order valence-electron chi connectivity index (χ3n) is 3.98. The van der Waals surface area contributed by atoms with E-state index in [-0.39, 0.29) is 6.61 Å². The van der Waals surface area contributed by atoms with E-state index in [2.05, 4.69) is 0 Å². The molecule has 6 heteroatoms. The van der Waals surface area contributed by atoms with Gasteiger partial charge in [-0.15, -0.1) is 5.06 Å². The molecular weight excluding hydrogens is 320 g/mol. The molecule has 1 fully saturated rings. The van der Waals surface area contributed by atoms with Gasteiger partial charge in [0, 0.05) is 51.4 Å². The molecule has 1 aromatic carbocycles. The van der Waals surface area contributed by atoms with Crippen molar-refractivity contribution < 1.29 is 19.2 Å². The van der Waals surface area contributed by atoms with Crippen molar-refractivity contribution >= 4 is 17.6 Å². The number of anilines is 1. The average Bonchev–Trinajstić information content (AvgIpc) is 2.61. The summed E-state index contributed by atoms with van der Waals surface area (Å²) in [6.07, 6.45) is 6.06. The first-order valence-electron chi connectivity index (χ1n) is 8.62. The summed E-state index contributed by atoms with van der Waals surface area (Å²) in [6, 6.07) is 8.06. The first kappa shape index (κ1) is 19.0. The van der Waals surface area contributed by atoms with Gasteiger partial charge < -0.3 is 14.5 Å². The van der Waals surface area contributed by atoms with E-state index < -0.39 is 11.9 Å². The molecule has 1 aromatic rings. The number of hydroxylamine groups is 2. The van der Waals surface area contributed by atoms with Crippen LogP contribution >= 0.6 is 0 Å². The summed E-state index contributed by atoms with van der Waals surface area (Å²) < 4.78 is 5.11. The highest BCUT2D eigenvalue weighted by molar-refractivity contribution is 5.91. The van der Waals surface area contributed by atoms with Gasteiger partial charge in [0.15, 0.2) is 0 Å². The van der Waals surface area contributed by atoms with Crippen LogP contribution in [0.3, 0.4) is 0 Å². The van der Waals surface area contributed by atoms with E-state index in [0.717, 1.165) is 55.8 Å². The highest BCUT2D eigenvalue weighted by Crippen LogP contribution is 2.12. The monoisotopic (exact) mass is 346 g/mol. The third-order valence-corrected chi connectivity index (χ3v) is 3.98. The van der Waals surface area contributed by atoms with Gasteiger partial charge in [-0.25, -0.2) is 9.59 Å². The maximum Gasteiger partial charge on any atom is 0.349 e. The molecule has 1 heterocycles. The molecule has 0 amide bonds. The van der Waals surface area contributed by atoms with Crippen LogP contribution < -0.4 is 4.90 Å². The summed E-state index contributed by atoms with van der Waals surface area (Å²) in [4.78, 5) is 30.4. The van der Waals surface area contributed by atoms with E-state index in [9.17, 15) is 9.59 Å². The van der Waals surface area contributed by atoms with Gasteiger partial charge in [-0.2, -0.15) is 0 Å². The zero-order valence-corrected chi connectivity index (χ0v) is 14.9. The second kappa shape index (κ2) is 9.84. The van der Waals surface area contributed by atoms with E-state index in [0.29, 0.717) is 6.42 Å². The first-order valence-corrected chi connectivity index (χ1v) is 8.62. The quantitative estimate of drug-likeness (QED) is 0.558. The van der Waals surface area contributed by atoms with Gasteiger partial charge in [-0.3, -0.25) is 0 Å². The zero-order valence-electron chi connectivity index (χ0n) is 14.9. The van der Waals surface area contributed by atoms with Crippen LogP contribution in [0.5, 0.6) is 0 Å². The van der Waals surface area contributed by atoms with Crippen molar-refractivity contribution in [1.29, 1.82) is 0 Å². The Morgan fingerprint density at radius 1 is 1.04 bits per heavy atom. The molecule has 6 nitrogen and oxygen atoms in total. The lowest BCUT2D eigenvalue weighted by Crippen LogP contribution is -2.31. The van der Waals surface area contributed by atoms with Crippen LogP contribution in [0.1, 0.15) is 24.8 Å². The van der Waals surface area contributed by atoms with Crippen LogP contribution in [0.25, 0.3) is 0 Å². The maximum atomic E-state index is 11.6. The summed E-state index contributed by atoms with van der Waals surface area (Å²) in [5.74, 6) is -1.08. The topological polar surface area (TPSA) is 59.1 Å². The molecule has 0 unspecified atom stereocenters. The van der Waals surface area contributed by atoms with Gasteiger partial charge in [-0.05, 0) is 30.5 Å². The molecule has 0 radical (unpaired) electrons. The molecular formula is C19H26N2O4. The fourth-order valence-corrected chi connectivity index (χ4v) is 2.53. The number of carbonyl (C=O) groups is 2. The van der Waals surface area contributed by atoms with Gasteiger partial charge in [0.25, 0.3) is 0 Å². The standard InChI is InChI=1S/C19H26N2O4/c1-20(2)17-8-6-16(7-9-17)12-15-24-18(22)10-11-19(23)25-21-13-4-3-5-14-21/h6-11H,3-5,12-15H2,1-2H3/b11-10+. The third kappa shape index (κ3) is 6.97.